The highest BCUT2D eigenvalue weighted by Gasteiger charge is 2.34. The average Bonchev–Trinajstić information content (AvgIpc) is 3.52. The molecule has 29 heavy (non-hydrogen) atoms. The molecule has 1 atom stereocenters. The van der Waals surface area contributed by atoms with E-state index in [1.54, 1.807) is 0 Å². The van der Waals surface area contributed by atoms with Gasteiger partial charge in [0.05, 0.1) is 17.5 Å². The predicted octanol–water partition coefficient (Wildman–Crippen LogP) is 3.09. The number of likely N-dealkylation sites (N-methyl/N-ethyl adjacent to an activating group) is 1. The molecule has 0 saturated heterocycles. The van der Waals surface area contributed by atoms with Gasteiger partial charge in [0, 0.05) is 12.6 Å². The lowest BCUT2D eigenvalue weighted by atomic mass is 10.0. The molecule has 7 heteroatoms. The van der Waals surface area contributed by atoms with Gasteiger partial charge in [0.1, 0.15) is 0 Å². The fraction of sp³-hybridized carbons (Fsp3) is 0.364. The molecule has 6 nitrogen and oxygen atoms in total. The molecule has 0 spiro atoms. The van der Waals surface area contributed by atoms with E-state index in [0.29, 0.717) is 11.5 Å². The van der Waals surface area contributed by atoms with Crippen molar-refractivity contribution in [3.05, 3.63) is 65.2 Å². The van der Waals surface area contributed by atoms with Crippen molar-refractivity contribution in [2.24, 2.45) is 5.92 Å². The quantitative estimate of drug-likeness (QED) is 0.673. The number of hydrogen-bond acceptors (Lipinski definition) is 4. The zero-order valence-corrected chi connectivity index (χ0v) is 17.7. The highest BCUT2D eigenvalue weighted by atomic mass is 32.2. The molecule has 0 bridgehead atoms. The molecule has 2 aromatic carbocycles. The molecule has 0 radical (unpaired) electrons. The number of rotatable bonds is 8. The van der Waals surface area contributed by atoms with E-state index in [2.05, 4.69) is 5.32 Å². The van der Waals surface area contributed by atoms with Crippen molar-refractivity contribution in [1.82, 2.24) is 9.62 Å². The van der Waals surface area contributed by atoms with Crippen molar-refractivity contribution >= 4 is 21.7 Å². The molecule has 1 fully saturated rings. The minimum absolute atomic E-state index is 0.0510. The van der Waals surface area contributed by atoms with Gasteiger partial charge in [0.2, 0.25) is 15.9 Å². The Morgan fingerprint density at radius 2 is 1.66 bits per heavy atom. The van der Waals surface area contributed by atoms with Crippen LogP contribution in [0.4, 0.5) is 0 Å². The van der Waals surface area contributed by atoms with Crippen LogP contribution in [0.15, 0.2) is 53.4 Å². The monoisotopic (exact) mass is 414 g/mol. The van der Waals surface area contributed by atoms with Crippen molar-refractivity contribution in [2.45, 2.75) is 37.6 Å². The largest absolute Gasteiger partial charge is 0.348 e. The van der Waals surface area contributed by atoms with Gasteiger partial charge in [-0.05, 0) is 50.3 Å². The van der Waals surface area contributed by atoms with Crippen molar-refractivity contribution in [3.8, 4) is 0 Å². The summed E-state index contributed by atoms with van der Waals surface area (Å²) < 4.78 is 26.5. The Labute approximate surface area is 172 Å². The Bertz CT molecular complexity index is 994. The first-order chi connectivity index (χ1) is 13.7. The molecule has 2 aromatic rings. The van der Waals surface area contributed by atoms with Crippen molar-refractivity contribution < 1.29 is 18.0 Å². The summed E-state index contributed by atoms with van der Waals surface area (Å²) in [7, 11) is -2.45. The van der Waals surface area contributed by atoms with E-state index in [1.807, 2.05) is 31.2 Å². The van der Waals surface area contributed by atoms with Crippen LogP contribution in [-0.4, -0.2) is 38.0 Å². The standard InChI is InChI=1S/C22H26N2O4S/c1-15-4-6-18(7-5-15)22(19-8-9-19)23-21(26)14-24(3)29(27,28)20-12-10-17(11-13-20)16(2)25/h4-7,10-13,19,22H,8-9,14H2,1-3H3,(H,23,26). The molecule has 1 aliphatic rings. The smallest absolute Gasteiger partial charge is 0.243 e. The van der Waals surface area contributed by atoms with E-state index in [-0.39, 0.29) is 29.2 Å². The first-order valence-electron chi connectivity index (χ1n) is 9.62. The first-order valence-corrected chi connectivity index (χ1v) is 11.1. The molecule has 1 aliphatic carbocycles. The normalized spacial score (nSPS) is 15.2. The van der Waals surface area contributed by atoms with Gasteiger partial charge in [-0.15, -0.1) is 0 Å². The van der Waals surface area contributed by atoms with Gasteiger partial charge >= 0.3 is 0 Å². The van der Waals surface area contributed by atoms with E-state index in [9.17, 15) is 18.0 Å². The Kier molecular flexibility index (Phi) is 6.19. The molecular weight excluding hydrogens is 388 g/mol. The third-order valence-corrected chi connectivity index (χ3v) is 7.00. The maximum absolute atomic E-state index is 12.7. The summed E-state index contributed by atoms with van der Waals surface area (Å²) in [4.78, 5) is 24.0. The summed E-state index contributed by atoms with van der Waals surface area (Å²) >= 11 is 0. The summed E-state index contributed by atoms with van der Waals surface area (Å²) in [6.07, 6.45) is 2.10. The summed E-state index contributed by atoms with van der Waals surface area (Å²) in [6, 6.07) is 13.7. The van der Waals surface area contributed by atoms with Gasteiger partial charge in [-0.3, -0.25) is 9.59 Å². The van der Waals surface area contributed by atoms with Crippen LogP contribution in [0.3, 0.4) is 0 Å². The van der Waals surface area contributed by atoms with Gasteiger partial charge in [0.25, 0.3) is 0 Å². The number of nitrogens with one attached hydrogen (secondary N) is 1. The Morgan fingerprint density at radius 1 is 1.07 bits per heavy atom. The van der Waals surface area contributed by atoms with Crippen LogP contribution >= 0.6 is 0 Å². The molecule has 1 amide bonds. The van der Waals surface area contributed by atoms with E-state index in [1.165, 1.54) is 38.2 Å². The molecule has 1 unspecified atom stereocenters. The number of carbonyl (C=O) groups excluding carboxylic acids is 2. The summed E-state index contributed by atoms with van der Waals surface area (Å²) in [5, 5.41) is 3.00. The van der Waals surface area contributed by atoms with Crippen LogP contribution < -0.4 is 5.32 Å². The SMILES string of the molecule is CC(=O)c1ccc(S(=O)(=O)N(C)CC(=O)NC(c2ccc(C)cc2)C2CC2)cc1. The molecule has 0 aliphatic heterocycles. The van der Waals surface area contributed by atoms with Crippen LogP contribution in [0.1, 0.15) is 47.3 Å². The topological polar surface area (TPSA) is 83.6 Å². The van der Waals surface area contributed by atoms with Gasteiger partial charge in [-0.1, -0.05) is 42.0 Å². The number of carbonyl (C=O) groups is 2. The number of aryl methyl sites for hydroxylation is 1. The lowest BCUT2D eigenvalue weighted by Gasteiger charge is -2.22. The lowest BCUT2D eigenvalue weighted by molar-refractivity contribution is -0.122. The second kappa shape index (κ2) is 8.47. The number of nitrogens with zero attached hydrogens (tertiary/aromatic N) is 1. The maximum atomic E-state index is 12.7. The number of Topliss-reactive ketones (excluding diaryl/α,β-unsaturated/α-hetero) is 1. The van der Waals surface area contributed by atoms with E-state index >= 15 is 0 Å². The van der Waals surface area contributed by atoms with Crippen LogP contribution in [-0.2, 0) is 14.8 Å². The van der Waals surface area contributed by atoms with Crippen molar-refractivity contribution in [2.75, 3.05) is 13.6 Å². The lowest BCUT2D eigenvalue weighted by Crippen LogP contribution is -2.40. The first kappa shape index (κ1) is 21.2. The van der Waals surface area contributed by atoms with Gasteiger partial charge < -0.3 is 5.32 Å². The Morgan fingerprint density at radius 3 is 2.17 bits per heavy atom. The number of benzene rings is 2. The van der Waals surface area contributed by atoms with Gasteiger partial charge in [-0.2, -0.15) is 4.31 Å². The number of amides is 1. The van der Waals surface area contributed by atoms with Crippen LogP contribution in [0.2, 0.25) is 0 Å². The van der Waals surface area contributed by atoms with E-state index < -0.39 is 10.0 Å². The van der Waals surface area contributed by atoms with Crippen LogP contribution in [0.25, 0.3) is 0 Å². The number of hydrogen-bond donors (Lipinski definition) is 1. The summed E-state index contributed by atoms with van der Waals surface area (Å²) in [5.41, 5.74) is 2.63. The molecule has 0 heterocycles. The summed E-state index contributed by atoms with van der Waals surface area (Å²) in [5.74, 6) is -0.0829. The maximum Gasteiger partial charge on any atom is 0.243 e. The fourth-order valence-electron chi connectivity index (χ4n) is 3.22. The average molecular weight is 415 g/mol. The number of sulfonamides is 1. The van der Waals surface area contributed by atoms with Crippen LogP contribution in [0.5, 0.6) is 0 Å². The third-order valence-electron chi connectivity index (χ3n) is 5.18. The molecule has 0 aromatic heterocycles. The third kappa shape index (κ3) is 5.10. The fourth-order valence-corrected chi connectivity index (χ4v) is 4.35. The molecule has 154 valence electrons. The summed E-state index contributed by atoms with van der Waals surface area (Å²) in [6.45, 7) is 3.16. The second-order valence-electron chi connectivity index (χ2n) is 7.63. The van der Waals surface area contributed by atoms with Crippen molar-refractivity contribution in [1.29, 1.82) is 0 Å². The Balaban J connectivity index is 1.68. The second-order valence-corrected chi connectivity index (χ2v) is 9.68. The highest BCUT2D eigenvalue weighted by molar-refractivity contribution is 7.89. The van der Waals surface area contributed by atoms with E-state index in [0.717, 1.165) is 28.3 Å². The zero-order chi connectivity index (χ0) is 21.2. The minimum atomic E-state index is -3.83. The highest BCUT2D eigenvalue weighted by Crippen LogP contribution is 2.41. The van der Waals surface area contributed by atoms with Gasteiger partial charge in [0.15, 0.2) is 5.78 Å². The number of ketones is 1. The van der Waals surface area contributed by atoms with Crippen LogP contribution in [0, 0.1) is 12.8 Å². The van der Waals surface area contributed by atoms with E-state index in [4.69, 9.17) is 0 Å². The Hall–Kier alpha value is -2.51. The predicted molar refractivity (Wildman–Crippen MR) is 111 cm³/mol. The molecule has 1 saturated carbocycles. The van der Waals surface area contributed by atoms with Crippen molar-refractivity contribution in [3.63, 3.8) is 0 Å². The molecule has 1 N–H and O–H groups in total. The molecule has 3 rings (SSSR count). The minimum Gasteiger partial charge on any atom is -0.348 e. The van der Waals surface area contributed by atoms with Gasteiger partial charge in [-0.25, -0.2) is 8.42 Å². The zero-order valence-electron chi connectivity index (χ0n) is 16.9. The molecular formula is C22H26N2O4S.